The molecule has 0 bridgehead atoms. The molecule has 0 fully saturated rings. The van der Waals surface area contributed by atoms with Crippen LogP contribution in [0.5, 0.6) is 0 Å². The Morgan fingerprint density at radius 3 is 2.50 bits per heavy atom. The molecule has 0 saturated carbocycles. The summed E-state index contributed by atoms with van der Waals surface area (Å²) in [5.41, 5.74) is 5.69. The van der Waals surface area contributed by atoms with Crippen LogP contribution in [0.1, 0.15) is 55.8 Å². The van der Waals surface area contributed by atoms with Crippen LogP contribution in [-0.4, -0.2) is 0 Å². The molecule has 0 amide bonds. The molecular formula is C22H24BrN. The summed E-state index contributed by atoms with van der Waals surface area (Å²) in [7, 11) is 0. The van der Waals surface area contributed by atoms with Crippen molar-refractivity contribution in [3.63, 3.8) is 0 Å². The topological polar surface area (TPSA) is 12.0 Å². The molecule has 0 radical (unpaired) electrons. The number of halogens is 1. The van der Waals surface area contributed by atoms with Gasteiger partial charge in [-0.05, 0) is 52.6 Å². The van der Waals surface area contributed by atoms with Gasteiger partial charge in [0.15, 0.2) is 0 Å². The summed E-state index contributed by atoms with van der Waals surface area (Å²) in [6.45, 7) is 6.81. The molecule has 2 heteroatoms. The Hall–Kier alpha value is -1.54. The maximum absolute atomic E-state index is 3.81. The predicted octanol–water partition coefficient (Wildman–Crippen LogP) is 6.57. The van der Waals surface area contributed by atoms with Gasteiger partial charge in [0.2, 0.25) is 0 Å². The zero-order chi connectivity index (χ0) is 16.9. The van der Waals surface area contributed by atoms with Crippen LogP contribution in [0.25, 0.3) is 0 Å². The van der Waals surface area contributed by atoms with Gasteiger partial charge in [-0.3, -0.25) is 0 Å². The molecule has 0 unspecified atom stereocenters. The second-order valence-electron chi connectivity index (χ2n) is 8.08. The molecule has 1 nitrogen and oxygen atoms in total. The number of benzene rings is 2. The van der Waals surface area contributed by atoms with Gasteiger partial charge < -0.3 is 5.32 Å². The van der Waals surface area contributed by atoms with Crippen LogP contribution in [0.4, 0.5) is 5.69 Å². The fourth-order valence-electron chi connectivity index (χ4n) is 4.09. The van der Waals surface area contributed by atoms with Gasteiger partial charge in [-0.2, -0.15) is 0 Å². The zero-order valence-electron chi connectivity index (χ0n) is 14.5. The number of allylic oxidation sites excluding steroid dienone is 2. The molecule has 0 saturated heterocycles. The molecule has 24 heavy (non-hydrogen) atoms. The van der Waals surface area contributed by atoms with Crippen LogP contribution in [-0.2, 0) is 5.41 Å². The van der Waals surface area contributed by atoms with Gasteiger partial charge in [0, 0.05) is 16.1 Å². The molecule has 2 aliphatic rings. The second kappa shape index (κ2) is 5.77. The Kier molecular flexibility index (Phi) is 3.84. The molecule has 1 heterocycles. The highest BCUT2D eigenvalue weighted by Crippen LogP contribution is 2.50. The molecule has 4 rings (SSSR count). The van der Waals surface area contributed by atoms with E-state index in [2.05, 4.69) is 96.6 Å². The third kappa shape index (κ3) is 2.71. The van der Waals surface area contributed by atoms with E-state index in [0.29, 0.717) is 17.9 Å². The Labute approximate surface area is 153 Å². The van der Waals surface area contributed by atoms with E-state index >= 15 is 0 Å². The third-order valence-electron chi connectivity index (χ3n) is 5.46. The quantitative estimate of drug-likeness (QED) is 0.550. The molecule has 3 atom stereocenters. The number of rotatable bonds is 1. The molecule has 124 valence electrons. The number of anilines is 1. The monoisotopic (exact) mass is 381 g/mol. The minimum Gasteiger partial charge on any atom is -0.378 e. The largest absolute Gasteiger partial charge is 0.378 e. The number of nitrogens with one attached hydrogen (secondary N) is 1. The lowest BCUT2D eigenvalue weighted by atomic mass is 9.76. The predicted molar refractivity (Wildman–Crippen MR) is 106 cm³/mol. The molecular weight excluding hydrogens is 358 g/mol. The summed E-state index contributed by atoms with van der Waals surface area (Å²) in [6, 6.07) is 16.2. The highest BCUT2D eigenvalue weighted by atomic mass is 79.9. The van der Waals surface area contributed by atoms with Gasteiger partial charge in [-0.1, -0.05) is 73.1 Å². The maximum atomic E-state index is 3.81. The first-order chi connectivity index (χ1) is 11.4. The summed E-state index contributed by atoms with van der Waals surface area (Å²) < 4.78 is 1.16. The average molecular weight is 382 g/mol. The maximum Gasteiger partial charge on any atom is 0.0553 e. The smallest absolute Gasteiger partial charge is 0.0553 e. The van der Waals surface area contributed by atoms with Gasteiger partial charge in [-0.15, -0.1) is 0 Å². The van der Waals surface area contributed by atoms with Gasteiger partial charge in [0.25, 0.3) is 0 Å². The van der Waals surface area contributed by atoms with E-state index in [0.717, 1.165) is 10.9 Å². The van der Waals surface area contributed by atoms with E-state index in [4.69, 9.17) is 0 Å². The summed E-state index contributed by atoms with van der Waals surface area (Å²) in [5, 5.41) is 3.81. The van der Waals surface area contributed by atoms with Crippen molar-refractivity contribution in [3.8, 4) is 0 Å². The molecule has 1 aliphatic carbocycles. The van der Waals surface area contributed by atoms with Crippen molar-refractivity contribution in [1.29, 1.82) is 0 Å². The Balaban J connectivity index is 1.71. The fourth-order valence-corrected chi connectivity index (χ4v) is 4.46. The van der Waals surface area contributed by atoms with Gasteiger partial charge >= 0.3 is 0 Å². The van der Waals surface area contributed by atoms with Crippen LogP contribution in [0.15, 0.2) is 59.1 Å². The standard InChI is InChI=1S/C22H24BrN/c1-22(2,3)15-9-7-14(8-10-15)21-18-6-4-5-17(18)19-13-16(23)11-12-20(19)24-21/h4-5,7-13,17-18,21,24H,6H2,1-3H3/t17-,18-,21-/m0/s1. The Bertz CT molecular complexity index is 783. The van der Waals surface area contributed by atoms with Gasteiger partial charge in [-0.25, -0.2) is 0 Å². The highest BCUT2D eigenvalue weighted by molar-refractivity contribution is 9.10. The Morgan fingerprint density at radius 1 is 1.04 bits per heavy atom. The molecule has 2 aromatic carbocycles. The molecule has 0 aromatic heterocycles. The lowest BCUT2D eigenvalue weighted by Crippen LogP contribution is -2.29. The van der Waals surface area contributed by atoms with E-state index < -0.39 is 0 Å². The van der Waals surface area contributed by atoms with Crippen molar-refractivity contribution < 1.29 is 0 Å². The highest BCUT2D eigenvalue weighted by Gasteiger charge is 2.37. The zero-order valence-corrected chi connectivity index (χ0v) is 16.1. The van der Waals surface area contributed by atoms with Crippen LogP contribution in [0, 0.1) is 5.92 Å². The van der Waals surface area contributed by atoms with Gasteiger partial charge in [0.1, 0.15) is 0 Å². The molecule has 0 spiro atoms. The van der Waals surface area contributed by atoms with Crippen LogP contribution in [0.3, 0.4) is 0 Å². The van der Waals surface area contributed by atoms with E-state index in [1.54, 1.807) is 0 Å². The van der Waals surface area contributed by atoms with Crippen molar-refractivity contribution in [2.24, 2.45) is 5.92 Å². The number of hydrogen-bond donors (Lipinski definition) is 1. The lowest BCUT2D eigenvalue weighted by Gasteiger charge is -2.37. The minimum atomic E-state index is 0.203. The van der Waals surface area contributed by atoms with Crippen LogP contribution < -0.4 is 5.32 Å². The summed E-state index contributed by atoms with van der Waals surface area (Å²) in [6.07, 6.45) is 5.89. The summed E-state index contributed by atoms with van der Waals surface area (Å²) in [4.78, 5) is 0. The first kappa shape index (κ1) is 16.0. The van der Waals surface area contributed by atoms with E-state index in [1.165, 1.54) is 22.4 Å². The fraction of sp³-hybridized carbons (Fsp3) is 0.364. The van der Waals surface area contributed by atoms with Crippen LogP contribution >= 0.6 is 15.9 Å². The summed E-state index contributed by atoms with van der Waals surface area (Å²) in [5.74, 6) is 1.12. The van der Waals surface area contributed by atoms with E-state index in [9.17, 15) is 0 Å². The van der Waals surface area contributed by atoms with E-state index in [1.807, 2.05) is 0 Å². The first-order valence-corrected chi connectivity index (χ1v) is 9.56. The lowest BCUT2D eigenvalue weighted by molar-refractivity contribution is 0.425. The van der Waals surface area contributed by atoms with Crippen LogP contribution in [0.2, 0.25) is 0 Å². The third-order valence-corrected chi connectivity index (χ3v) is 5.95. The summed E-state index contributed by atoms with van der Waals surface area (Å²) >= 11 is 3.62. The van der Waals surface area contributed by atoms with Crippen molar-refractivity contribution >= 4 is 21.6 Å². The second-order valence-corrected chi connectivity index (χ2v) is 8.99. The van der Waals surface area contributed by atoms with Crippen molar-refractivity contribution in [1.82, 2.24) is 0 Å². The van der Waals surface area contributed by atoms with Gasteiger partial charge in [0.05, 0.1) is 6.04 Å². The van der Waals surface area contributed by atoms with Crippen molar-refractivity contribution in [2.75, 3.05) is 5.32 Å². The van der Waals surface area contributed by atoms with Crippen molar-refractivity contribution in [2.45, 2.75) is 44.6 Å². The minimum absolute atomic E-state index is 0.203. The average Bonchev–Trinajstić information content (AvgIpc) is 3.03. The molecule has 1 aliphatic heterocycles. The molecule has 1 N–H and O–H groups in total. The Morgan fingerprint density at radius 2 is 1.79 bits per heavy atom. The first-order valence-electron chi connectivity index (χ1n) is 8.76. The SMILES string of the molecule is CC(C)(C)c1ccc([C@@H]2Nc3ccc(Br)cc3[C@H]3C=CC[C@@H]32)cc1. The number of fused-ring (bicyclic) bond motifs is 3. The van der Waals surface area contributed by atoms with Crippen molar-refractivity contribution in [3.05, 3.63) is 75.8 Å². The van der Waals surface area contributed by atoms with E-state index in [-0.39, 0.29) is 5.41 Å². The number of hydrogen-bond acceptors (Lipinski definition) is 1. The molecule has 2 aromatic rings. The normalized spacial score (nSPS) is 25.1.